The average Bonchev–Trinajstić information content (AvgIpc) is 3.41. The minimum atomic E-state index is 0.196. The summed E-state index contributed by atoms with van der Waals surface area (Å²) in [4.78, 5) is 8.84. The van der Waals surface area contributed by atoms with Crippen LogP contribution in [0.15, 0.2) is 61.7 Å². The standard InChI is InChI=1S/C23H25N5S/c1-4-16-7-12-20-21(13-16)29-23(27-20)26-19-10-8-18(9-11-19)22(17(5-2)6-3)28-15-24-14-25-28/h4,7-15,17,22H,1,5-6H2,2-3H3,(H,26,27). The predicted molar refractivity (Wildman–Crippen MR) is 122 cm³/mol. The van der Waals surface area contributed by atoms with Crippen LogP contribution in [0.25, 0.3) is 16.3 Å². The largest absolute Gasteiger partial charge is 0.332 e. The second-order valence-corrected chi connectivity index (χ2v) is 8.12. The quantitative estimate of drug-likeness (QED) is 0.375. The fourth-order valence-corrected chi connectivity index (χ4v) is 4.68. The summed E-state index contributed by atoms with van der Waals surface area (Å²) in [5, 5.41) is 8.74. The zero-order valence-corrected chi connectivity index (χ0v) is 17.6. The van der Waals surface area contributed by atoms with Gasteiger partial charge in [-0.3, -0.25) is 0 Å². The van der Waals surface area contributed by atoms with E-state index in [1.807, 2.05) is 29.2 Å². The summed E-state index contributed by atoms with van der Waals surface area (Å²) >= 11 is 1.65. The molecule has 2 heterocycles. The Morgan fingerprint density at radius 1 is 1.14 bits per heavy atom. The first-order chi connectivity index (χ1) is 14.2. The molecule has 0 radical (unpaired) electrons. The van der Waals surface area contributed by atoms with Crippen LogP contribution in [-0.2, 0) is 0 Å². The smallest absolute Gasteiger partial charge is 0.188 e. The molecule has 0 aliphatic carbocycles. The molecular formula is C23H25N5S. The summed E-state index contributed by atoms with van der Waals surface area (Å²) in [6, 6.07) is 15.0. The van der Waals surface area contributed by atoms with Crippen LogP contribution < -0.4 is 5.32 Å². The molecule has 0 saturated carbocycles. The Kier molecular flexibility index (Phi) is 5.71. The average molecular weight is 404 g/mol. The molecular weight excluding hydrogens is 378 g/mol. The summed E-state index contributed by atoms with van der Waals surface area (Å²) in [5.74, 6) is 0.513. The van der Waals surface area contributed by atoms with Crippen LogP contribution in [-0.4, -0.2) is 19.7 Å². The molecule has 4 aromatic rings. The van der Waals surface area contributed by atoms with E-state index in [9.17, 15) is 0 Å². The SMILES string of the molecule is C=Cc1ccc2nc(Nc3ccc(C(C(CC)CC)n4cncn4)cc3)sc2c1. The van der Waals surface area contributed by atoms with Gasteiger partial charge in [0, 0.05) is 5.69 Å². The number of nitrogens with one attached hydrogen (secondary N) is 1. The number of hydrogen-bond acceptors (Lipinski definition) is 5. The van der Waals surface area contributed by atoms with Crippen LogP contribution in [0.1, 0.15) is 43.9 Å². The van der Waals surface area contributed by atoms with E-state index < -0.39 is 0 Å². The van der Waals surface area contributed by atoms with Crippen molar-refractivity contribution < 1.29 is 0 Å². The first-order valence-corrected chi connectivity index (χ1v) is 10.8. The molecule has 0 aliphatic heterocycles. The van der Waals surface area contributed by atoms with Crippen LogP contribution in [0, 0.1) is 5.92 Å². The summed E-state index contributed by atoms with van der Waals surface area (Å²) in [6.07, 6.45) is 7.47. The van der Waals surface area contributed by atoms with Gasteiger partial charge in [0.15, 0.2) is 5.13 Å². The fourth-order valence-electron chi connectivity index (χ4n) is 3.75. The molecule has 29 heavy (non-hydrogen) atoms. The monoisotopic (exact) mass is 403 g/mol. The molecule has 0 bridgehead atoms. The van der Waals surface area contributed by atoms with Crippen molar-refractivity contribution in [3.05, 3.63) is 72.8 Å². The van der Waals surface area contributed by atoms with Crippen molar-refractivity contribution in [3.8, 4) is 0 Å². The van der Waals surface area contributed by atoms with Gasteiger partial charge in [-0.2, -0.15) is 5.10 Å². The summed E-state index contributed by atoms with van der Waals surface area (Å²) in [5.41, 5.74) is 4.38. The number of hydrogen-bond donors (Lipinski definition) is 1. The van der Waals surface area contributed by atoms with E-state index in [4.69, 9.17) is 0 Å². The van der Waals surface area contributed by atoms with Gasteiger partial charge in [-0.25, -0.2) is 14.6 Å². The number of anilines is 2. The number of rotatable bonds is 8. The predicted octanol–water partition coefficient (Wildman–Crippen LogP) is 6.30. The van der Waals surface area contributed by atoms with E-state index in [1.165, 1.54) is 5.56 Å². The molecule has 148 valence electrons. The lowest BCUT2D eigenvalue weighted by atomic mass is 9.89. The molecule has 0 amide bonds. The normalized spacial score (nSPS) is 12.4. The lowest BCUT2D eigenvalue weighted by Gasteiger charge is -2.26. The van der Waals surface area contributed by atoms with Gasteiger partial charge >= 0.3 is 0 Å². The van der Waals surface area contributed by atoms with Crippen molar-refractivity contribution in [1.82, 2.24) is 19.7 Å². The van der Waals surface area contributed by atoms with Crippen LogP contribution in [0.5, 0.6) is 0 Å². The highest BCUT2D eigenvalue weighted by molar-refractivity contribution is 7.22. The first kappa shape index (κ1) is 19.3. The molecule has 0 spiro atoms. The van der Waals surface area contributed by atoms with Gasteiger partial charge in [0.1, 0.15) is 12.7 Å². The van der Waals surface area contributed by atoms with Crippen LogP contribution in [0.2, 0.25) is 0 Å². The van der Waals surface area contributed by atoms with Crippen molar-refractivity contribution in [2.24, 2.45) is 5.92 Å². The topological polar surface area (TPSA) is 55.6 Å². The maximum absolute atomic E-state index is 4.69. The number of aromatic nitrogens is 4. The molecule has 2 aromatic carbocycles. The lowest BCUT2D eigenvalue weighted by molar-refractivity contribution is 0.332. The maximum Gasteiger partial charge on any atom is 0.188 e. The van der Waals surface area contributed by atoms with E-state index in [1.54, 1.807) is 17.7 Å². The third-order valence-corrected chi connectivity index (χ3v) is 6.30. The zero-order chi connectivity index (χ0) is 20.2. The Labute approximate surface area is 175 Å². The Balaban J connectivity index is 1.57. The molecule has 1 N–H and O–H groups in total. The number of thiazole rings is 1. The molecule has 5 nitrogen and oxygen atoms in total. The van der Waals surface area contributed by atoms with Gasteiger partial charge in [-0.15, -0.1) is 0 Å². The second kappa shape index (κ2) is 8.57. The molecule has 0 aliphatic rings. The zero-order valence-electron chi connectivity index (χ0n) is 16.7. The molecule has 0 saturated heterocycles. The van der Waals surface area contributed by atoms with E-state index >= 15 is 0 Å². The van der Waals surface area contributed by atoms with Crippen molar-refractivity contribution in [1.29, 1.82) is 0 Å². The van der Waals surface area contributed by atoms with Crippen LogP contribution in [0.4, 0.5) is 10.8 Å². The van der Waals surface area contributed by atoms with E-state index in [0.717, 1.165) is 39.4 Å². The van der Waals surface area contributed by atoms with Crippen LogP contribution in [0.3, 0.4) is 0 Å². The van der Waals surface area contributed by atoms with Gasteiger partial charge in [0.25, 0.3) is 0 Å². The van der Waals surface area contributed by atoms with Gasteiger partial charge in [-0.05, 0) is 41.3 Å². The summed E-state index contributed by atoms with van der Waals surface area (Å²) in [7, 11) is 0. The second-order valence-electron chi connectivity index (χ2n) is 7.09. The Morgan fingerprint density at radius 2 is 1.93 bits per heavy atom. The Morgan fingerprint density at radius 3 is 2.59 bits per heavy atom. The van der Waals surface area contributed by atoms with E-state index in [-0.39, 0.29) is 6.04 Å². The first-order valence-electron chi connectivity index (χ1n) is 9.96. The highest BCUT2D eigenvalue weighted by Crippen LogP contribution is 2.33. The van der Waals surface area contributed by atoms with E-state index in [2.05, 4.69) is 71.1 Å². The molecule has 1 unspecified atom stereocenters. The number of nitrogens with zero attached hydrogens (tertiary/aromatic N) is 4. The van der Waals surface area contributed by atoms with Gasteiger partial charge < -0.3 is 5.32 Å². The minimum absolute atomic E-state index is 0.196. The highest BCUT2D eigenvalue weighted by atomic mass is 32.1. The Hall–Kier alpha value is -2.99. The summed E-state index contributed by atoms with van der Waals surface area (Å²) in [6.45, 7) is 8.31. The van der Waals surface area contributed by atoms with Gasteiger partial charge in [-0.1, -0.05) is 68.9 Å². The molecule has 0 fully saturated rings. The number of fused-ring (bicyclic) bond motifs is 1. The van der Waals surface area contributed by atoms with Gasteiger partial charge in [0.2, 0.25) is 0 Å². The van der Waals surface area contributed by atoms with Gasteiger partial charge in [0.05, 0.1) is 16.3 Å². The van der Waals surface area contributed by atoms with Crippen molar-refractivity contribution >= 4 is 38.4 Å². The minimum Gasteiger partial charge on any atom is -0.332 e. The van der Waals surface area contributed by atoms with E-state index in [0.29, 0.717) is 5.92 Å². The highest BCUT2D eigenvalue weighted by Gasteiger charge is 2.23. The fraction of sp³-hybridized carbons (Fsp3) is 0.261. The third-order valence-electron chi connectivity index (χ3n) is 5.37. The third kappa shape index (κ3) is 4.07. The molecule has 1 atom stereocenters. The summed E-state index contributed by atoms with van der Waals surface area (Å²) < 4.78 is 3.13. The van der Waals surface area contributed by atoms with Crippen molar-refractivity contribution in [2.75, 3.05) is 5.32 Å². The van der Waals surface area contributed by atoms with Crippen LogP contribution >= 0.6 is 11.3 Å². The maximum atomic E-state index is 4.69. The molecule has 4 rings (SSSR count). The van der Waals surface area contributed by atoms with Crippen molar-refractivity contribution in [2.45, 2.75) is 32.7 Å². The Bertz CT molecular complexity index is 1080. The lowest BCUT2D eigenvalue weighted by Crippen LogP contribution is -2.20. The number of benzene rings is 2. The van der Waals surface area contributed by atoms with Crippen molar-refractivity contribution in [3.63, 3.8) is 0 Å². The molecule has 6 heteroatoms. The molecule has 2 aromatic heterocycles.